The van der Waals surface area contributed by atoms with Crippen molar-refractivity contribution >= 4 is 0 Å². The predicted octanol–water partition coefficient (Wildman–Crippen LogP) is 1.01. The number of ether oxygens (including phenoxy) is 1. The van der Waals surface area contributed by atoms with E-state index in [4.69, 9.17) is 4.74 Å². The summed E-state index contributed by atoms with van der Waals surface area (Å²) in [7, 11) is 0. The number of nitrogens with zero attached hydrogens (tertiary/aromatic N) is 1. The van der Waals surface area contributed by atoms with Crippen molar-refractivity contribution in [2.75, 3.05) is 19.7 Å². The molecule has 0 amide bonds. The van der Waals surface area contributed by atoms with Gasteiger partial charge in [-0.2, -0.15) is 0 Å². The molecule has 102 valence electrons. The maximum atomic E-state index is 9.90. The first-order chi connectivity index (χ1) is 8.00. The average Bonchev–Trinajstić information content (AvgIpc) is 2.27. The molecule has 3 unspecified atom stereocenters. The molecular weight excluding hydrogens is 218 g/mol. The Labute approximate surface area is 105 Å². The molecule has 2 N–H and O–H groups in total. The van der Waals surface area contributed by atoms with Crippen LogP contribution in [0.25, 0.3) is 0 Å². The molecule has 0 aromatic carbocycles. The van der Waals surface area contributed by atoms with Crippen LogP contribution in [0.3, 0.4) is 0 Å². The summed E-state index contributed by atoms with van der Waals surface area (Å²) < 4.78 is 5.40. The van der Waals surface area contributed by atoms with E-state index >= 15 is 0 Å². The Morgan fingerprint density at radius 3 is 2.53 bits per heavy atom. The van der Waals surface area contributed by atoms with E-state index in [1.807, 2.05) is 20.8 Å². The maximum absolute atomic E-state index is 9.90. The molecule has 4 heteroatoms. The summed E-state index contributed by atoms with van der Waals surface area (Å²) in [6.07, 6.45) is 2.71. The Morgan fingerprint density at radius 1 is 1.24 bits per heavy atom. The molecule has 0 aliphatic carbocycles. The molecule has 0 bridgehead atoms. The van der Waals surface area contributed by atoms with Crippen LogP contribution in [-0.4, -0.2) is 59.2 Å². The quantitative estimate of drug-likeness (QED) is 0.733. The van der Waals surface area contributed by atoms with Gasteiger partial charge in [-0.25, -0.2) is 0 Å². The largest absolute Gasteiger partial charge is 0.392 e. The van der Waals surface area contributed by atoms with Crippen molar-refractivity contribution in [1.82, 2.24) is 4.90 Å². The van der Waals surface area contributed by atoms with Crippen LogP contribution in [0.1, 0.15) is 40.0 Å². The van der Waals surface area contributed by atoms with E-state index in [2.05, 4.69) is 4.90 Å². The van der Waals surface area contributed by atoms with Crippen LogP contribution in [0.5, 0.6) is 0 Å². The zero-order valence-electron chi connectivity index (χ0n) is 11.3. The molecule has 1 rings (SSSR count). The number of rotatable bonds is 6. The highest BCUT2D eigenvalue weighted by atomic mass is 16.5. The average molecular weight is 245 g/mol. The number of aliphatic hydroxyl groups is 2. The number of piperidine rings is 1. The van der Waals surface area contributed by atoms with E-state index in [0.717, 1.165) is 19.4 Å². The molecule has 0 radical (unpaired) electrons. The van der Waals surface area contributed by atoms with Crippen molar-refractivity contribution < 1.29 is 14.9 Å². The molecule has 0 spiro atoms. The molecule has 1 fully saturated rings. The van der Waals surface area contributed by atoms with Crippen LogP contribution in [0.15, 0.2) is 0 Å². The normalized spacial score (nSPS) is 26.1. The van der Waals surface area contributed by atoms with E-state index < -0.39 is 6.10 Å². The lowest BCUT2D eigenvalue weighted by molar-refractivity contribution is -0.0339. The van der Waals surface area contributed by atoms with E-state index in [-0.39, 0.29) is 18.2 Å². The Balaban J connectivity index is 2.36. The maximum Gasteiger partial charge on any atom is 0.0900 e. The van der Waals surface area contributed by atoms with Gasteiger partial charge < -0.3 is 14.9 Å². The molecule has 0 saturated carbocycles. The molecule has 1 heterocycles. The van der Waals surface area contributed by atoms with E-state index in [1.54, 1.807) is 0 Å². The van der Waals surface area contributed by atoms with Crippen LogP contribution in [0, 0.1) is 0 Å². The van der Waals surface area contributed by atoms with Gasteiger partial charge >= 0.3 is 0 Å². The molecule has 1 aliphatic rings. The summed E-state index contributed by atoms with van der Waals surface area (Å²) in [5.74, 6) is 0. The first-order valence-electron chi connectivity index (χ1n) is 6.72. The monoisotopic (exact) mass is 245 g/mol. The lowest BCUT2D eigenvalue weighted by Crippen LogP contribution is -2.49. The second-order valence-corrected chi connectivity index (χ2v) is 5.33. The van der Waals surface area contributed by atoms with Crippen molar-refractivity contribution in [3.8, 4) is 0 Å². The third-order valence-electron chi connectivity index (χ3n) is 3.29. The van der Waals surface area contributed by atoms with Gasteiger partial charge in [-0.3, -0.25) is 4.90 Å². The highest BCUT2D eigenvalue weighted by molar-refractivity contribution is 4.82. The van der Waals surface area contributed by atoms with Gasteiger partial charge in [0.05, 0.1) is 24.9 Å². The van der Waals surface area contributed by atoms with Crippen LogP contribution in [0.4, 0.5) is 0 Å². The van der Waals surface area contributed by atoms with Crippen LogP contribution >= 0.6 is 0 Å². The molecule has 0 aromatic rings. The van der Waals surface area contributed by atoms with E-state index in [1.165, 1.54) is 6.42 Å². The van der Waals surface area contributed by atoms with Gasteiger partial charge in [0, 0.05) is 12.6 Å². The highest BCUT2D eigenvalue weighted by Gasteiger charge is 2.27. The second kappa shape index (κ2) is 7.31. The molecule has 4 nitrogen and oxygen atoms in total. The summed E-state index contributed by atoms with van der Waals surface area (Å²) in [6, 6.07) is 0.192. The van der Waals surface area contributed by atoms with Gasteiger partial charge in [0.2, 0.25) is 0 Å². The minimum Gasteiger partial charge on any atom is -0.392 e. The topological polar surface area (TPSA) is 52.9 Å². The van der Waals surface area contributed by atoms with Crippen molar-refractivity contribution in [2.24, 2.45) is 0 Å². The van der Waals surface area contributed by atoms with E-state index in [0.29, 0.717) is 13.2 Å². The van der Waals surface area contributed by atoms with Crippen molar-refractivity contribution in [1.29, 1.82) is 0 Å². The molecule has 0 aromatic heterocycles. The van der Waals surface area contributed by atoms with Crippen LogP contribution < -0.4 is 0 Å². The van der Waals surface area contributed by atoms with Gasteiger partial charge in [-0.1, -0.05) is 6.42 Å². The summed E-state index contributed by atoms with van der Waals surface area (Å²) in [6.45, 7) is 7.70. The zero-order valence-corrected chi connectivity index (χ0v) is 11.3. The third kappa shape index (κ3) is 5.34. The summed E-state index contributed by atoms with van der Waals surface area (Å²) in [5.41, 5.74) is 0. The number of aliphatic hydroxyl groups excluding tert-OH is 2. The second-order valence-electron chi connectivity index (χ2n) is 5.33. The fourth-order valence-electron chi connectivity index (χ4n) is 2.42. The number of likely N-dealkylation sites (tertiary alicyclic amines) is 1. The van der Waals surface area contributed by atoms with Gasteiger partial charge in [-0.05, 0) is 40.2 Å². The van der Waals surface area contributed by atoms with Gasteiger partial charge in [0.15, 0.2) is 0 Å². The molecular formula is C13H27NO3. The summed E-state index contributed by atoms with van der Waals surface area (Å²) in [5, 5.41) is 19.6. The molecule has 1 saturated heterocycles. The van der Waals surface area contributed by atoms with Crippen LogP contribution in [-0.2, 0) is 4.74 Å². The van der Waals surface area contributed by atoms with Crippen molar-refractivity contribution in [3.05, 3.63) is 0 Å². The molecule has 3 atom stereocenters. The predicted molar refractivity (Wildman–Crippen MR) is 68.0 cm³/mol. The standard InChI is InChI=1S/C13H27NO3/c1-10(2)17-9-12(16)8-14-7-5-4-6-13(14)11(3)15/h10-13,15-16H,4-9H2,1-3H3. The molecule has 17 heavy (non-hydrogen) atoms. The fourth-order valence-corrected chi connectivity index (χ4v) is 2.42. The number of hydrogen-bond donors (Lipinski definition) is 2. The first kappa shape index (κ1) is 14.9. The summed E-state index contributed by atoms with van der Waals surface area (Å²) >= 11 is 0. The van der Waals surface area contributed by atoms with Gasteiger partial charge in [0.25, 0.3) is 0 Å². The fraction of sp³-hybridized carbons (Fsp3) is 1.00. The minimum absolute atomic E-state index is 0.151. The Morgan fingerprint density at radius 2 is 1.94 bits per heavy atom. The Bertz CT molecular complexity index is 209. The number of β-amino-alcohol motifs (C(OH)–C–C–N with tert-alkyl or cyclic N) is 1. The smallest absolute Gasteiger partial charge is 0.0900 e. The van der Waals surface area contributed by atoms with Crippen molar-refractivity contribution in [3.63, 3.8) is 0 Å². The SMILES string of the molecule is CC(C)OCC(O)CN1CCCCC1C(C)O. The lowest BCUT2D eigenvalue weighted by Gasteiger charge is -2.38. The first-order valence-corrected chi connectivity index (χ1v) is 6.72. The van der Waals surface area contributed by atoms with E-state index in [9.17, 15) is 10.2 Å². The van der Waals surface area contributed by atoms with Crippen LogP contribution in [0.2, 0.25) is 0 Å². The van der Waals surface area contributed by atoms with Gasteiger partial charge in [0.1, 0.15) is 0 Å². The minimum atomic E-state index is -0.461. The lowest BCUT2D eigenvalue weighted by atomic mass is 9.98. The zero-order chi connectivity index (χ0) is 12.8. The molecule has 1 aliphatic heterocycles. The number of hydrogen-bond acceptors (Lipinski definition) is 4. The Kier molecular flexibility index (Phi) is 6.41. The van der Waals surface area contributed by atoms with Crippen molar-refractivity contribution in [2.45, 2.75) is 64.4 Å². The summed E-state index contributed by atoms with van der Waals surface area (Å²) in [4.78, 5) is 2.20. The highest BCUT2D eigenvalue weighted by Crippen LogP contribution is 2.20. The third-order valence-corrected chi connectivity index (χ3v) is 3.29. The van der Waals surface area contributed by atoms with Gasteiger partial charge in [-0.15, -0.1) is 0 Å². The Hall–Kier alpha value is -0.160.